The Hall–Kier alpha value is 0.0500. The van der Waals surface area contributed by atoms with Crippen LogP contribution in [0.1, 0.15) is 13.3 Å². The van der Waals surface area contributed by atoms with Gasteiger partial charge in [-0.15, -0.1) is 24.0 Å². The van der Waals surface area contributed by atoms with Crippen LogP contribution in [-0.4, -0.2) is 66.5 Å². The van der Waals surface area contributed by atoms with Crippen molar-refractivity contribution in [1.82, 2.24) is 9.80 Å². The molecule has 2 N–H and O–H groups in total. The zero-order valence-electron chi connectivity index (χ0n) is 11.7. The van der Waals surface area contributed by atoms with Gasteiger partial charge in [0.1, 0.15) is 0 Å². The van der Waals surface area contributed by atoms with Gasteiger partial charge in [-0.3, -0.25) is 9.89 Å². The summed E-state index contributed by atoms with van der Waals surface area (Å²) in [5.74, 6) is 3.08. The maximum atomic E-state index is 6.02. The molecule has 110 valence electrons. The van der Waals surface area contributed by atoms with Crippen LogP contribution in [-0.2, 0) is 0 Å². The lowest BCUT2D eigenvalue weighted by Crippen LogP contribution is -2.43. The standard InChI is InChI=1S/C13H24N4S.HI/c1-12-2-5-16(6-3-12)7-4-15-13(14)17-8-10-18-11-9-17;/h2H,3-11H2,1H3,(H2,14,15);1H. The van der Waals surface area contributed by atoms with Gasteiger partial charge in [-0.1, -0.05) is 11.6 Å². The molecule has 0 unspecified atom stereocenters. The monoisotopic (exact) mass is 396 g/mol. The van der Waals surface area contributed by atoms with Crippen molar-refractivity contribution in [3.63, 3.8) is 0 Å². The highest BCUT2D eigenvalue weighted by molar-refractivity contribution is 14.0. The molecule has 2 rings (SSSR count). The molecule has 0 atom stereocenters. The van der Waals surface area contributed by atoms with Gasteiger partial charge in [0.15, 0.2) is 5.96 Å². The minimum absolute atomic E-state index is 0. The Kier molecular flexibility index (Phi) is 8.17. The van der Waals surface area contributed by atoms with Crippen molar-refractivity contribution in [3.8, 4) is 0 Å². The highest BCUT2D eigenvalue weighted by Gasteiger charge is 2.12. The molecule has 4 nitrogen and oxygen atoms in total. The SMILES string of the molecule is CC1=CCN(CCN=C(N)N2CCSCC2)CC1.I. The van der Waals surface area contributed by atoms with Gasteiger partial charge in [0.05, 0.1) is 6.54 Å². The molecular formula is C13H25IN4S. The van der Waals surface area contributed by atoms with Crippen molar-refractivity contribution < 1.29 is 0 Å². The summed E-state index contributed by atoms with van der Waals surface area (Å²) < 4.78 is 0. The highest BCUT2D eigenvalue weighted by Crippen LogP contribution is 2.10. The second kappa shape index (κ2) is 9.07. The van der Waals surface area contributed by atoms with Crippen molar-refractivity contribution in [1.29, 1.82) is 0 Å². The fraction of sp³-hybridized carbons (Fsp3) is 0.769. The molecule has 2 aliphatic rings. The number of thioether (sulfide) groups is 1. The minimum Gasteiger partial charge on any atom is -0.370 e. The predicted molar refractivity (Wildman–Crippen MR) is 95.6 cm³/mol. The largest absolute Gasteiger partial charge is 0.370 e. The van der Waals surface area contributed by atoms with E-state index >= 15 is 0 Å². The van der Waals surface area contributed by atoms with E-state index in [-0.39, 0.29) is 24.0 Å². The third kappa shape index (κ3) is 5.91. The fourth-order valence-corrected chi connectivity index (χ4v) is 3.12. The van der Waals surface area contributed by atoms with Crippen LogP contribution in [0.5, 0.6) is 0 Å². The van der Waals surface area contributed by atoms with Crippen LogP contribution < -0.4 is 5.73 Å². The van der Waals surface area contributed by atoms with Crippen molar-refractivity contribution in [2.24, 2.45) is 10.7 Å². The highest BCUT2D eigenvalue weighted by atomic mass is 127. The van der Waals surface area contributed by atoms with Gasteiger partial charge in [-0.2, -0.15) is 11.8 Å². The second-order valence-corrected chi connectivity index (χ2v) is 6.17. The van der Waals surface area contributed by atoms with Gasteiger partial charge in [0, 0.05) is 44.2 Å². The van der Waals surface area contributed by atoms with Crippen LogP contribution >= 0.6 is 35.7 Å². The Morgan fingerprint density at radius 3 is 2.74 bits per heavy atom. The molecule has 0 aliphatic carbocycles. The summed E-state index contributed by atoms with van der Waals surface area (Å²) in [4.78, 5) is 9.16. The number of hydrogen-bond acceptors (Lipinski definition) is 3. The molecule has 19 heavy (non-hydrogen) atoms. The van der Waals surface area contributed by atoms with Crippen LogP contribution in [0.4, 0.5) is 0 Å². The van der Waals surface area contributed by atoms with Crippen LogP contribution in [0.3, 0.4) is 0 Å². The molecule has 0 bridgehead atoms. The molecule has 6 heteroatoms. The van der Waals surface area contributed by atoms with Crippen molar-refractivity contribution in [2.45, 2.75) is 13.3 Å². The molecule has 1 fully saturated rings. The van der Waals surface area contributed by atoms with Gasteiger partial charge < -0.3 is 10.6 Å². The van der Waals surface area contributed by atoms with Gasteiger partial charge in [-0.05, 0) is 13.3 Å². The minimum atomic E-state index is 0. The van der Waals surface area contributed by atoms with E-state index < -0.39 is 0 Å². The van der Waals surface area contributed by atoms with E-state index in [0.717, 1.165) is 45.2 Å². The smallest absolute Gasteiger partial charge is 0.191 e. The first-order valence-electron chi connectivity index (χ1n) is 6.76. The number of guanidine groups is 1. The first kappa shape index (κ1) is 17.1. The number of halogens is 1. The van der Waals surface area contributed by atoms with E-state index in [1.54, 1.807) is 0 Å². The number of rotatable bonds is 3. The maximum Gasteiger partial charge on any atom is 0.191 e. The molecule has 0 aromatic carbocycles. The average Bonchev–Trinajstić information content (AvgIpc) is 2.42. The van der Waals surface area contributed by atoms with Crippen molar-refractivity contribution in [3.05, 3.63) is 11.6 Å². The molecule has 0 spiro atoms. The Labute approximate surface area is 137 Å². The normalized spacial score (nSPS) is 21.8. The number of nitrogens with two attached hydrogens (primary N) is 1. The van der Waals surface area contributed by atoms with E-state index in [0.29, 0.717) is 0 Å². The number of hydrogen-bond donors (Lipinski definition) is 1. The predicted octanol–water partition coefficient (Wildman–Crippen LogP) is 1.62. The summed E-state index contributed by atoms with van der Waals surface area (Å²) in [6.45, 7) is 8.38. The number of aliphatic imine (C=N–C) groups is 1. The summed E-state index contributed by atoms with van der Waals surface area (Å²) in [6.07, 6.45) is 3.51. The van der Waals surface area contributed by atoms with E-state index in [1.807, 2.05) is 11.8 Å². The van der Waals surface area contributed by atoms with Gasteiger partial charge in [0.25, 0.3) is 0 Å². The summed E-state index contributed by atoms with van der Waals surface area (Å²) in [5, 5.41) is 0. The van der Waals surface area contributed by atoms with Gasteiger partial charge in [0.2, 0.25) is 0 Å². The fourth-order valence-electron chi connectivity index (χ4n) is 2.21. The van der Waals surface area contributed by atoms with E-state index in [9.17, 15) is 0 Å². The molecule has 0 saturated carbocycles. The van der Waals surface area contributed by atoms with E-state index in [2.05, 4.69) is 27.8 Å². The third-order valence-electron chi connectivity index (χ3n) is 3.55. The first-order chi connectivity index (χ1) is 8.75. The topological polar surface area (TPSA) is 44.9 Å². The molecule has 0 radical (unpaired) electrons. The third-order valence-corrected chi connectivity index (χ3v) is 4.49. The lowest BCUT2D eigenvalue weighted by molar-refractivity contribution is 0.302. The second-order valence-electron chi connectivity index (χ2n) is 4.94. The van der Waals surface area contributed by atoms with Gasteiger partial charge >= 0.3 is 0 Å². The van der Waals surface area contributed by atoms with Crippen molar-refractivity contribution >= 4 is 41.7 Å². The number of nitrogens with zero attached hydrogens (tertiary/aromatic N) is 3. The molecule has 0 aromatic rings. The zero-order chi connectivity index (χ0) is 12.8. The van der Waals surface area contributed by atoms with E-state index in [1.165, 1.54) is 23.5 Å². The summed E-state index contributed by atoms with van der Waals surface area (Å²) in [7, 11) is 0. The Balaban J connectivity index is 0.00000180. The zero-order valence-corrected chi connectivity index (χ0v) is 14.8. The molecule has 2 heterocycles. The summed E-state index contributed by atoms with van der Waals surface area (Å²) in [5.41, 5.74) is 7.54. The summed E-state index contributed by atoms with van der Waals surface area (Å²) in [6, 6.07) is 0. The first-order valence-corrected chi connectivity index (χ1v) is 7.92. The van der Waals surface area contributed by atoms with Crippen LogP contribution in [0.25, 0.3) is 0 Å². The summed E-state index contributed by atoms with van der Waals surface area (Å²) >= 11 is 2.00. The lowest BCUT2D eigenvalue weighted by atomic mass is 10.1. The molecule has 1 saturated heterocycles. The molecule has 0 amide bonds. The maximum absolute atomic E-state index is 6.02. The molecular weight excluding hydrogens is 371 g/mol. The average molecular weight is 396 g/mol. The lowest BCUT2D eigenvalue weighted by Gasteiger charge is -2.28. The van der Waals surface area contributed by atoms with Gasteiger partial charge in [-0.25, -0.2) is 0 Å². The molecule has 2 aliphatic heterocycles. The van der Waals surface area contributed by atoms with Crippen LogP contribution in [0.2, 0.25) is 0 Å². The Bertz CT molecular complexity index is 327. The Morgan fingerprint density at radius 1 is 1.37 bits per heavy atom. The van der Waals surface area contributed by atoms with E-state index in [4.69, 9.17) is 5.73 Å². The molecule has 0 aromatic heterocycles. The van der Waals surface area contributed by atoms with Crippen LogP contribution in [0, 0.1) is 0 Å². The van der Waals surface area contributed by atoms with Crippen LogP contribution in [0.15, 0.2) is 16.6 Å². The van der Waals surface area contributed by atoms with Crippen molar-refractivity contribution in [2.75, 3.05) is 50.8 Å². The quantitative estimate of drug-likeness (QED) is 0.341. The Morgan fingerprint density at radius 2 is 2.11 bits per heavy atom.